The standard InChI is InChI=1S/C10H11N/c1-7-5-8-3-2-4-10(11)9(8)6-7/h2-5H,6,11H2,1H3. The molecular formula is C10H11N. The zero-order valence-corrected chi connectivity index (χ0v) is 6.59. The zero-order valence-electron chi connectivity index (χ0n) is 6.59. The van der Waals surface area contributed by atoms with Crippen molar-refractivity contribution in [2.24, 2.45) is 0 Å². The first kappa shape index (κ1) is 6.47. The van der Waals surface area contributed by atoms with E-state index in [1.54, 1.807) is 0 Å². The van der Waals surface area contributed by atoms with Crippen molar-refractivity contribution < 1.29 is 0 Å². The van der Waals surface area contributed by atoms with Crippen molar-refractivity contribution in [2.45, 2.75) is 13.3 Å². The molecule has 1 aliphatic rings. The lowest BCUT2D eigenvalue weighted by molar-refractivity contribution is 1.20. The van der Waals surface area contributed by atoms with Crippen LogP contribution < -0.4 is 5.73 Å². The molecule has 0 spiro atoms. The van der Waals surface area contributed by atoms with E-state index >= 15 is 0 Å². The van der Waals surface area contributed by atoms with Gasteiger partial charge >= 0.3 is 0 Å². The highest BCUT2D eigenvalue weighted by molar-refractivity contribution is 5.70. The molecule has 2 N–H and O–H groups in total. The van der Waals surface area contributed by atoms with E-state index in [4.69, 9.17) is 5.73 Å². The summed E-state index contributed by atoms with van der Waals surface area (Å²) in [5, 5.41) is 0. The molecule has 2 rings (SSSR count). The van der Waals surface area contributed by atoms with Gasteiger partial charge in [-0.25, -0.2) is 0 Å². The van der Waals surface area contributed by atoms with Crippen LogP contribution in [-0.2, 0) is 6.42 Å². The van der Waals surface area contributed by atoms with Gasteiger partial charge in [-0.1, -0.05) is 23.8 Å². The molecule has 1 heteroatoms. The van der Waals surface area contributed by atoms with Crippen LogP contribution in [0.3, 0.4) is 0 Å². The topological polar surface area (TPSA) is 26.0 Å². The van der Waals surface area contributed by atoms with Gasteiger partial charge in [0.1, 0.15) is 0 Å². The monoisotopic (exact) mass is 145 g/mol. The summed E-state index contributed by atoms with van der Waals surface area (Å²) >= 11 is 0. The first-order chi connectivity index (χ1) is 5.27. The fourth-order valence-corrected chi connectivity index (χ4v) is 1.56. The second-order valence-corrected chi connectivity index (χ2v) is 3.08. The number of benzene rings is 1. The molecule has 0 heterocycles. The maximum atomic E-state index is 5.80. The Kier molecular flexibility index (Phi) is 1.25. The van der Waals surface area contributed by atoms with Crippen molar-refractivity contribution >= 4 is 11.8 Å². The van der Waals surface area contributed by atoms with E-state index in [0.717, 1.165) is 12.1 Å². The second kappa shape index (κ2) is 2.12. The van der Waals surface area contributed by atoms with Crippen molar-refractivity contribution in [3.8, 4) is 0 Å². The summed E-state index contributed by atoms with van der Waals surface area (Å²) in [6.07, 6.45) is 3.23. The predicted octanol–water partition coefficient (Wildman–Crippen LogP) is 2.23. The van der Waals surface area contributed by atoms with E-state index in [1.807, 2.05) is 12.1 Å². The minimum absolute atomic E-state index is 0.926. The average Bonchev–Trinajstić information content (AvgIpc) is 2.31. The summed E-state index contributed by atoms with van der Waals surface area (Å²) in [6.45, 7) is 2.14. The minimum Gasteiger partial charge on any atom is -0.398 e. The molecule has 0 radical (unpaired) electrons. The third-order valence-electron chi connectivity index (χ3n) is 2.11. The van der Waals surface area contributed by atoms with Crippen molar-refractivity contribution in [1.29, 1.82) is 0 Å². The molecule has 1 nitrogen and oxygen atoms in total. The van der Waals surface area contributed by atoms with E-state index in [-0.39, 0.29) is 0 Å². The molecule has 0 unspecified atom stereocenters. The molecule has 0 bridgehead atoms. The van der Waals surface area contributed by atoms with Crippen LogP contribution in [0.5, 0.6) is 0 Å². The smallest absolute Gasteiger partial charge is 0.0355 e. The molecule has 0 aromatic heterocycles. The van der Waals surface area contributed by atoms with Crippen molar-refractivity contribution in [3.05, 3.63) is 34.9 Å². The maximum Gasteiger partial charge on any atom is 0.0355 e. The molecule has 1 aromatic rings. The second-order valence-electron chi connectivity index (χ2n) is 3.08. The molecule has 0 fully saturated rings. The van der Waals surface area contributed by atoms with Gasteiger partial charge in [0.05, 0.1) is 0 Å². The first-order valence-electron chi connectivity index (χ1n) is 3.82. The van der Waals surface area contributed by atoms with Gasteiger partial charge in [-0.2, -0.15) is 0 Å². The average molecular weight is 145 g/mol. The summed E-state index contributed by atoms with van der Waals surface area (Å²) in [5.74, 6) is 0. The van der Waals surface area contributed by atoms with Crippen LogP contribution in [0.4, 0.5) is 5.69 Å². The van der Waals surface area contributed by atoms with Crippen molar-refractivity contribution in [2.75, 3.05) is 5.73 Å². The summed E-state index contributed by atoms with van der Waals surface area (Å²) in [7, 11) is 0. The van der Waals surface area contributed by atoms with E-state index in [1.165, 1.54) is 16.7 Å². The van der Waals surface area contributed by atoms with Gasteiger partial charge in [0.25, 0.3) is 0 Å². The number of anilines is 1. The zero-order chi connectivity index (χ0) is 7.84. The highest BCUT2D eigenvalue weighted by atomic mass is 14.6. The van der Waals surface area contributed by atoms with Gasteiger partial charge in [0.2, 0.25) is 0 Å². The lowest BCUT2D eigenvalue weighted by Gasteiger charge is -2.01. The third-order valence-corrected chi connectivity index (χ3v) is 2.11. The Morgan fingerprint density at radius 3 is 2.91 bits per heavy atom. The quantitative estimate of drug-likeness (QED) is 0.556. The van der Waals surface area contributed by atoms with Gasteiger partial charge in [-0.15, -0.1) is 0 Å². The molecule has 0 saturated carbocycles. The van der Waals surface area contributed by atoms with Gasteiger partial charge in [0, 0.05) is 5.69 Å². The van der Waals surface area contributed by atoms with Crippen LogP contribution in [0.1, 0.15) is 18.1 Å². The van der Waals surface area contributed by atoms with E-state index in [0.29, 0.717) is 0 Å². The molecule has 56 valence electrons. The highest BCUT2D eigenvalue weighted by Crippen LogP contribution is 2.28. The lowest BCUT2D eigenvalue weighted by Crippen LogP contribution is -1.92. The summed E-state index contributed by atoms with van der Waals surface area (Å²) in [6, 6.07) is 6.08. The highest BCUT2D eigenvalue weighted by Gasteiger charge is 2.10. The summed E-state index contributed by atoms with van der Waals surface area (Å²) in [5.41, 5.74) is 10.7. The van der Waals surface area contributed by atoms with Crippen LogP contribution in [0.15, 0.2) is 23.8 Å². The number of fused-ring (bicyclic) bond motifs is 1. The Hall–Kier alpha value is -1.24. The Labute approximate surface area is 66.5 Å². The van der Waals surface area contributed by atoms with E-state index in [9.17, 15) is 0 Å². The number of allylic oxidation sites excluding steroid dienone is 1. The Bertz CT molecular complexity index is 324. The summed E-state index contributed by atoms with van der Waals surface area (Å²) in [4.78, 5) is 0. The number of hydrogen-bond acceptors (Lipinski definition) is 1. The Balaban J connectivity index is 2.59. The summed E-state index contributed by atoms with van der Waals surface area (Å²) < 4.78 is 0. The molecule has 0 atom stereocenters. The molecule has 11 heavy (non-hydrogen) atoms. The van der Waals surface area contributed by atoms with E-state index < -0.39 is 0 Å². The van der Waals surface area contributed by atoms with Gasteiger partial charge in [-0.3, -0.25) is 0 Å². The number of nitrogens with two attached hydrogens (primary N) is 1. The first-order valence-corrected chi connectivity index (χ1v) is 3.82. The minimum atomic E-state index is 0.926. The maximum absolute atomic E-state index is 5.80. The van der Waals surface area contributed by atoms with Crippen LogP contribution in [0.25, 0.3) is 6.08 Å². The van der Waals surface area contributed by atoms with Crippen LogP contribution in [0.2, 0.25) is 0 Å². The van der Waals surface area contributed by atoms with Gasteiger partial charge < -0.3 is 5.73 Å². The molecule has 1 aromatic carbocycles. The molecule has 0 amide bonds. The molecule has 0 aliphatic heterocycles. The Morgan fingerprint density at radius 2 is 2.18 bits per heavy atom. The van der Waals surface area contributed by atoms with E-state index in [2.05, 4.69) is 19.1 Å². The third kappa shape index (κ3) is 0.929. The molecule has 1 aliphatic carbocycles. The largest absolute Gasteiger partial charge is 0.398 e. The molecular weight excluding hydrogens is 134 g/mol. The van der Waals surface area contributed by atoms with Gasteiger partial charge in [0.15, 0.2) is 0 Å². The normalized spacial score (nSPS) is 14.5. The van der Waals surface area contributed by atoms with Crippen LogP contribution >= 0.6 is 0 Å². The van der Waals surface area contributed by atoms with Crippen LogP contribution in [-0.4, -0.2) is 0 Å². The lowest BCUT2D eigenvalue weighted by atomic mass is 10.1. The fraction of sp³-hybridized carbons (Fsp3) is 0.200. The van der Waals surface area contributed by atoms with Crippen molar-refractivity contribution in [1.82, 2.24) is 0 Å². The molecule has 0 saturated heterocycles. The van der Waals surface area contributed by atoms with Gasteiger partial charge in [-0.05, 0) is 30.5 Å². The number of nitrogen functional groups attached to an aromatic ring is 1. The number of hydrogen-bond donors (Lipinski definition) is 1. The Morgan fingerprint density at radius 1 is 1.36 bits per heavy atom. The number of rotatable bonds is 0. The predicted molar refractivity (Wildman–Crippen MR) is 48.2 cm³/mol. The SMILES string of the molecule is CC1=Cc2cccc(N)c2C1. The fourth-order valence-electron chi connectivity index (χ4n) is 1.56. The van der Waals surface area contributed by atoms with Crippen LogP contribution in [0, 0.1) is 0 Å². The van der Waals surface area contributed by atoms with Crippen molar-refractivity contribution in [3.63, 3.8) is 0 Å².